The maximum Gasteiger partial charge on any atom is 0.282 e. The number of rotatable bonds is 5. The van der Waals surface area contributed by atoms with Crippen LogP contribution in [0.25, 0.3) is 10.9 Å². The molecule has 27 heavy (non-hydrogen) atoms. The number of unbranched alkanes of at least 4 members (excludes halogenated alkanes) is 1. The molecule has 0 atom stereocenters. The fraction of sp³-hybridized carbons (Fsp3) is 0.250. The van der Waals surface area contributed by atoms with Crippen LogP contribution in [0.15, 0.2) is 50.8 Å². The van der Waals surface area contributed by atoms with Crippen molar-refractivity contribution in [1.82, 2.24) is 9.66 Å². The highest BCUT2D eigenvalue weighted by Gasteiger charge is 2.13. The Kier molecular flexibility index (Phi) is 4.94. The minimum absolute atomic E-state index is 0.176. The zero-order valence-electron chi connectivity index (χ0n) is 14.8. The first-order valence-electron chi connectivity index (χ1n) is 8.81. The molecule has 138 valence electrons. The number of fused-ring (bicyclic) bond motifs is 2. The summed E-state index contributed by atoms with van der Waals surface area (Å²) in [6.07, 6.45) is 4.29. The van der Waals surface area contributed by atoms with Crippen molar-refractivity contribution in [2.45, 2.75) is 26.2 Å². The maximum atomic E-state index is 13.0. The van der Waals surface area contributed by atoms with Gasteiger partial charge in [-0.25, -0.2) is 4.98 Å². The van der Waals surface area contributed by atoms with E-state index in [2.05, 4.69) is 32.9 Å². The Labute approximate surface area is 164 Å². The molecule has 1 aliphatic rings. The van der Waals surface area contributed by atoms with Crippen LogP contribution < -0.4 is 15.0 Å². The summed E-state index contributed by atoms with van der Waals surface area (Å²) < 4.78 is 12.9. The molecular weight excluding hydrogens is 410 g/mol. The molecular formula is C20H18BrN3O3. The first-order chi connectivity index (χ1) is 13.2. The number of benzene rings is 2. The Morgan fingerprint density at radius 2 is 2.07 bits per heavy atom. The molecule has 3 aromatic rings. The fourth-order valence-electron chi connectivity index (χ4n) is 2.93. The first-order valence-corrected chi connectivity index (χ1v) is 9.60. The molecule has 0 saturated carbocycles. The van der Waals surface area contributed by atoms with E-state index in [-0.39, 0.29) is 12.4 Å². The third-order valence-electron chi connectivity index (χ3n) is 4.35. The number of aryl methyl sites for hydroxylation is 1. The van der Waals surface area contributed by atoms with E-state index >= 15 is 0 Å². The summed E-state index contributed by atoms with van der Waals surface area (Å²) in [5.41, 5.74) is 1.33. The standard InChI is InChI=1S/C20H18BrN3O3/c1-2-3-4-19-23-16-7-6-14(21)10-15(16)20(25)24(19)22-11-13-5-8-17-18(9-13)27-12-26-17/h5-11H,2-4,12H2,1H3. The van der Waals surface area contributed by atoms with Crippen molar-refractivity contribution in [3.05, 3.63) is 62.6 Å². The van der Waals surface area contributed by atoms with Crippen molar-refractivity contribution in [1.29, 1.82) is 0 Å². The predicted octanol–water partition coefficient (Wildman–Crippen LogP) is 4.11. The Morgan fingerprint density at radius 3 is 2.93 bits per heavy atom. The highest BCUT2D eigenvalue weighted by Crippen LogP contribution is 2.32. The summed E-state index contributed by atoms with van der Waals surface area (Å²) in [5.74, 6) is 2.05. The van der Waals surface area contributed by atoms with Gasteiger partial charge in [0.2, 0.25) is 6.79 Å². The molecule has 0 aliphatic carbocycles. The topological polar surface area (TPSA) is 65.7 Å². The molecule has 1 aliphatic heterocycles. The van der Waals surface area contributed by atoms with Crippen molar-refractivity contribution < 1.29 is 9.47 Å². The molecule has 7 heteroatoms. The number of hydrogen-bond acceptors (Lipinski definition) is 5. The largest absolute Gasteiger partial charge is 0.454 e. The Balaban J connectivity index is 1.78. The Morgan fingerprint density at radius 1 is 1.22 bits per heavy atom. The second kappa shape index (κ2) is 7.52. The lowest BCUT2D eigenvalue weighted by Gasteiger charge is -2.09. The molecule has 0 bridgehead atoms. The Hall–Kier alpha value is -2.67. The van der Waals surface area contributed by atoms with Crippen molar-refractivity contribution in [3.63, 3.8) is 0 Å². The van der Waals surface area contributed by atoms with Crippen LogP contribution in [0, 0.1) is 0 Å². The van der Waals surface area contributed by atoms with Gasteiger partial charge in [-0.15, -0.1) is 0 Å². The molecule has 0 unspecified atom stereocenters. The van der Waals surface area contributed by atoms with Gasteiger partial charge in [-0.3, -0.25) is 4.79 Å². The molecule has 6 nitrogen and oxygen atoms in total. The van der Waals surface area contributed by atoms with Gasteiger partial charge in [-0.05, 0) is 48.4 Å². The highest BCUT2D eigenvalue weighted by molar-refractivity contribution is 9.10. The molecule has 0 N–H and O–H groups in total. The predicted molar refractivity (Wildman–Crippen MR) is 108 cm³/mol. The van der Waals surface area contributed by atoms with Crippen LogP contribution in [0.5, 0.6) is 11.5 Å². The summed E-state index contributed by atoms with van der Waals surface area (Å²) in [6.45, 7) is 2.33. The normalized spacial score (nSPS) is 13.0. The van der Waals surface area contributed by atoms with Gasteiger partial charge in [-0.2, -0.15) is 9.78 Å². The van der Waals surface area contributed by atoms with Crippen LogP contribution in [0.3, 0.4) is 0 Å². The molecule has 0 fully saturated rings. The van der Waals surface area contributed by atoms with Gasteiger partial charge >= 0.3 is 0 Å². The van der Waals surface area contributed by atoms with E-state index in [0.29, 0.717) is 34.6 Å². The van der Waals surface area contributed by atoms with E-state index in [0.717, 1.165) is 22.9 Å². The molecule has 0 radical (unpaired) electrons. The van der Waals surface area contributed by atoms with Crippen LogP contribution in [0.2, 0.25) is 0 Å². The zero-order valence-corrected chi connectivity index (χ0v) is 16.4. The third kappa shape index (κ3) is 3.60. The quantitative estimate of drug-likeness (QED) is 0.574. The lowest BCUT2D eigenvalue weighted by molar-refractivity contribution is 0.174. The minimum Gasteiger partial charge on any atom is -0.454 e. The van der Waals surface area contributed by atoms with Crippen LogP contribution in [0.1, 0.15) is 31.2 Å². The molecule has 2 heterocycles. The number of nitrogens with zero attached hydrogens (tertiary/aromatic N) is 3. The van der Waals surface area contributed by atoms with Crippen LogP contribution in [-0.4, -0.2) is 22.7 Å². The minimum atomic E-state index is -0.176. The van der Waals surface area contributed by atoms with Crippen LogP contribution >= 0.6 is 15.9 Å². The third-order valence-corrected chi connectivity index (χ3v) is 4.84. The van der Waals surface area contributed by atoms with Gasteiger partial charge in [0.25, 0.3) is 5.56 Å². The van der Waals surface area contributed by atoms with Gasteiger partial charge in [-0.1, -0.05) is 29.3 Å². The summed E-state index contributed by atoms with van der Waals surface area (Å²) >= 11 is 3.42. The number of ether oxygens (including phenoxy) is 2. The summed E-state index contributed by atoms with van der Waals surface area (Å²) in [7, 11) is 0. The summed E-state index contributed by atoms with van der Waals surface area (Å²) in [5, 5.41) is 4.97. The molecule has 1 aromatic heterocycles. The highest BCUT2D eigenvalue weighted by atomic mass is 79.9. The van der Waals surface area contributed by atoms with Gasteiger partial charge in [0.05, 0.1) is 17.1 Å². The van der Waals surface area contributed by atoms with Crippen LogP contribution in [-0.2, 0) is 6.42 Å². The van der Waals surface area contributed by atoms with Crippen molar-refractivity contribution in [2.24, 2.45) is 5.10 Å². The van der Waals surface area contributed by atoms with E-state index in [1.165, 1.54) is 4.68 Å². The average Bonchev–Trinajstić information content (AvgIpc) is 3.14. The fourth-order valence-corrected chi connectivity index (χ4v) is 3.29. The number of halogens is 1. The SMILES string of the molecule is CCCCc1nc2ccc(Br)cc2c(=O)n1N=Cc1ccc2c(c1)OCO2. The average molecular weight is 428 g/mol. The molecule has 0 spiro atoms. The van der Waals surface area contributed by atoms with Crippen molar-refractivity contribution >= 4 is 33.0 Å². The molecule has 0 amide bonds. The van der Waals surface area contributed by atoms with Gasteiger partial charge in [0, 0.05) is 10.9 Å². The van der Waals surface area contributed by atoms with Crippen molar-refractivity contribution in [3.8, 4) is 11.5 Å². The smallest absolute Gasteiger partial charge is 0.282 e. The van der Waals surface area contributed by atoms with Gasteiger partial charge in [0.15, 0.2) is 11.5 Å². The summed E-state index contributed by atoms with van der Waals surface area (Å²) in [4.78, 5) is 17.7. The van der Waals surface area contributed by atoms with Crippen LogP contribution in [0.4, 0.5) is 0 Å². The van der Waals surface area contributed by atoms with Crippen molar-refractivity contribution in [2.75, 3.05) is 6.79 Å². The molecule has 4 rings (SSSR count). The maximum absolute atomic E-state index is 13.0. The zero-order chi connectivity index (χ0) is 18.8. The first kappa shape index (κ1) is 17.7. The molecule has 0 saturated heterocycles. The number of hydrogen-bond donors (Lipinski definition) is 0. The second-order valence-electron chi connectivity index (χ2n) is 6.27. The van der Waals surface area contributed by atoms with E-state index in [9.17, 15) is 4.79 Å². The monoisotopic (exact) mass is 427 g/mol. The van der Waals surface area contributed by atoms with E-state index in [1.807, 2.05) is 30.3 Å². The van der Waals surface area contributed by atoms with E-state index < -0.39 is 0 Å². The van der Waals surface area contributed by atoms with E-state index in [1.54, 1.807) is 12.3 Å². The second-order valence-corrected chi connectivity index (χ2v) is 7.18. The van der Waals surface area contributed by atoms with E-state index in [4.69, 9.17) is 9.47 Å². The number of aromatic nitrogens is 2. The Bertz CT molecular complexity index is 1090. The van der Waals surface area contributed by atoms with Gasteiger partial charge < -0.3 is 9.47 Å². The summed E-state index contributed by atoms with van der Waals surface area (Å²) in [6, 6.07) is 11.1. The molecule has 2 aromatic carbocycles. The lowest BCUT2D eigenvalue weighted by Crippen LogP contribution is -2.22. The van der Waals surface area contributed by atoms with Gasteiger partial charge in [0.1, 0.15) is 5.82 Å². The lowest BCUT2D eigenvalue weighted by atomic mass is 10.2.